The van der Waals surface area contributed by atoms with E-state index in [-0.39, 0.29) is 11.5 Å². The van der Waals surface area contributed by atoms with Crippen LogP contribution in [0, 0.1) is 28.8 Å². The standard InChI is InChI=1S/C23H20F3N3O2/c24-16-10-15(11-17(25)12-16)19-3-4-21-29(19)22(30)23(31-21)5-7-28(8-6-23)20-2-1-14(13-27)9-18(20)26/h1-2,9-12,19,21H,3-8H2/t19-,21+/m0/s1. The first-order valence-electron chi connectivity index (χ1n) is 10.3. The Balaban J connectivity index is 1.34. The van der Waals surface area contributed by atoms with Crippen molar-refractivity contribution in [2.24, 2.45) is 0 Å². The Kier molecular flexibility index (Phi) is 4.67. The summed E-state index contributed by atoms with van der Waals surface area (Å²) in [6, 6.07) is 9.20. The number of benzene rings is 2. The molecule has 0 bridgehead atoms. The Morgan fingerprint density at radius 2 is 1.74 bits per heavy atom. The molecule has 0 unspecified atom stereocenters. The van der Waals surface area contributed by atoms with Gasteiger partial charge in [0.2, 0.25) is 0 Å². The van der Waals surface area contributed by atoms with E-state index in [1.807, 2.05) is 11.0 Å². The number of hydrogen-bond acceptors (Lipinski definition) is 4. The summed E-state index contributed by atoms with van der Waals surface area (Å²) in [5.74, 6) is -1.97. The molecule has 3 aliphatic rings. The third-order valence-corrected chi connectivity index (χ3v) is 6.58. The molecule has 5 nitrogen and oxygen atoms in total. The summed E-state index contributed by atoms with van der Waals surface area (Å²) in [5.41, 5.74) is 0.0953. The van der Waals surface area contributed by atoms with Crippen LogP contribution >= 0.6 is 0 Å². The average molecular weight is 427 g/mol. The van der Waals surface area contributed by atoms with Crippen molar-refractivity contribution in [1.82, 2.24) is 4.90 Å². The summed E-state index contributed by atoms with van der Waals surface area (Å²) < 4.78 is 48.1. The van der Waals surface area contributed by atoms with Gasteiger partial charge >= 0.3 is 0 Å². The zero-order valence-electron chi connectivity index (χ0n) is 16.7. The normalized spacial score (nSPS) is 24.5. The molecule has 1 amide bonds. The first-order chi connectivity index (χ1) is 14.9. The van der Waals surface area contributed by atoms with Gasteiger partial charge in [0.05, 0.1) is 23.4 Å². The lowest BCUT2D eigenvalue weighted by atomic mass is 9.89. The molecule has 160 valence electrons. The van der Waals surface area contributed by atoms with Crippen LogP contribution in [0.3, 0.4) is 0 Å². The summed E-state index contributed by atoms with van der Waals surface area (Å²) >= 11 is 0. The van der Waals surface area contributed by atoms with Crippen molar-refractivity contribution in [2.75, 3.05) is 18.0 Å². The second-order valence-electron chi connectivity index (χ2n) is 8.34. The van der Waals surface area contributed by atoms with E-state index in [1.54, 1.807) is 17.0 Å². The second-order valence-corrected chi connectivity index (χ2v) is 8.34. The fourth-order valence-corrected chi connectivity index (χ4v) is 5.08. The van der Waals surface area contributed by atoms with E-state index in [9.17, 15) is 18.0 Å². The van der Waals surface area contributed by atoms with Gasteiger partial charge in [0.1, 0.15) is 23.7 Å². The minimum atomic E-state index is -0.991. The van der Waals surface area contributed by atoms with Crippen molar-refractivity contribution in [3.8, 4) is 6.07 Å². The quantitative estimate of drug-likeness (QED) is 0.726. The molecule has 31 heavy (non-hydrogen) atoms. The molecule has 1 spiro atoms. The predicted molar refractivity (Wildman–Crippen MR) is 105 cm³/mol. The minimum Gasteiger partial charge on any atom is -0.369 e. The predicted octanol–water partition coefficient (Wildman–Crippen LogP) is 4.03. The number of carbonyl (C=O) groups excluding carboxylic acids is 1. The van der Waals surface area contributed by atoms with Crippen LogP contribution in [-0.2, 0) is 9.53 Å². The lowest BCUT2D eigenvalue weighted by Gasteiger charge is -2.38. The Hall–Kier alpha value is -3.05. The third kappa shape index (κ3) is 3.24. The zero-order chi connectivity index (χ0) is 21.8. The molecule has 0 saturated carbocycles. The van der Waals surface area contributed by atoms with Crippen molar-refractivity contribution < 1.29 is 22.7 Å². The number of rotatable bonds is 2. The van der Waals surface area contributed by atoms with Gasteiger partial charge in [0, 0.05) is 32.0 Å². The zero-order valence-corrected chi connectivity index (χ0v) is 16.7. The fraction of sp³-hybridized carbons (Fsp3) is 0.391. The number of fused-ring (bicyclic) bond motifs is 1. The first-order valence-corrected chi connectivity index (χ1v) is 10.3. The molecule has 3 heterocycles. The van der Waals surface area contributed by atoms with Crippen molar-refractivity contribution in [1.29, 1.82) is 5.26 Å². The van der Waals surface area contributed by atoms with E-state index in [0.29, 0.717) is 50.0 Å². The molecule has 3 aliphatic heterocycles. The number of amides is 1. The SMILES string of the molecule is N#Cc1ccc(N2CCC3(CC2)O[C@@H]2CC[C@@H](c4cc(F)cc(F)c4)N2C3=O)c(F)c1. The van der Waals surface area contributed by atoms with Crippen molar-refractivity contribution in [3.05, 3.63) is 65.0 Å². The van der Waals surface area contributed by atoms with Crippen molar-refractivity contribution in [3.63, 3.8) is 0 Å². The third-order valence-electron chi connectivity index (χ3n) is 6.58. The van der Waals surface area contributed by atoms with Gasteiger partial charge in [-0.1, -0.05) is 0 Å². The van der Waals surface area contributed by atoms with E-state index in [0.717, 1.165) is 6.07 Å². The molecule has 0 N–H and O–H groups in total. The molecular formula is C23H20F3N3O2. The average Bonchev–Trinajstić information content (AvgIpc) is 3.26. The van der Waals surface area contributed by atoms with E-state index in [1.165, 1.54) is 18.2 Å². The number of nitriles is 1. The van der Waals surface area contributed by atoms with Gasteiger partial charge in [-0.2, -0.15) is 5.26 Å². The number of carbonyl (C=O) groups is 1. The molecule has 3 fully saturated rings. The number of halogens is 3. The Morgan fingerprint density at radius 3 is 2.39 bits per heavy atom. The molecule has 3 saturated heterocycles. The van der Waals surface area contributed by atoms with Gasteiger partial charge in [-0.3, -0.25) is 4.79 Å². The summed E-state index contributed by atoms with van der Waals surface area (Å²) in [6.45, 7) is 0.850. The number of piperidine rings is 1. The fourth-order valence-electron chi connectivity index (χ4n) is 5.08. The van der Waals surface area contributed by atoms with E-state index in [4.69, 9.17) is 10.00 Å². The molecule has 2 atom stereocenters. The highest BCUT2D eigenvalue weighted by Crippen LogP contribution is 2.48. The largest absolute Gasteiger partial charge is 0.369 e. The molecule has 2 aromatic rings. The summed E-state index contributed by atoms with van der Waals surface area (Å²) in [6.07, 6.45) is 1.55. The highest BCUT2D eigenvalue weighted by Gasteiger charge is 2.58. The van der Waals surface area contributed by atoms with E-state index >= 15 is 0 Å². The van der Waals surface area contributed by atoms with Gasteiger partial charge < -0.3 is 14.5 Å². The first kappa shape index (κ1) is 19.9. The van der Waals surface area contributed by atoms with Gasteiger partial charge in [-0.25, -0.2) is 13.2 Å². The molecular weight excluding hydrogens is 407 g/mol. The Labute approximate surface area is 177 Å². The molecule has 5 rings (SSSR count). The molecule has 0 aromatic heterocycles. The number of anilines is 1. The van der Waals surface area contributed by atoms with Crippen LogP contribution in [0.2, 0.25) is 0 Å². The van der Waals surface area contributed by atoms with Gasteiger partial charge in [0.25, 0.3) is 5.91 Å². The summed E-state index contributed by atoms with van der Waals surface area (Å²) in [7, 11) is 0. The van der Waals surface area contributed by atoms with Crippen LogP contribution in [0.25, 0.3) is 0 Å². The van der Waals surface area contributed by atoms with Gasteiger partial charge in [-0.05, 0) is 48.7 Å². The Bertz CT molecular complexity index is 1070. The summed E-state index contributed by atoms with van der Waals surface area (Å²) in [4.78, 5) is 16.9. The smallest absolute Gasteiger partial charge is 0.257 e. The van der Waals surface area contributed by atoms with Crippen LogP contribution in [0.15, 0.2) is 36.4 Å². The molecule has 2 aromatic carbocycles. The highest BCUT2D eigenvalue weighted by atomic mass is 19.1. The number of hydrogen-bond donors (Lipinski definition) is 0. The number of nitrogens with zero attached hydrogens (tertiary/aromatic N) is 3. The van der Waals surface area contributed by atoms with Crippen molar-refractivity contribution in [2.45, 2.75) is 43.6 Å². The monoisotopic (exact) mass is 427 g/mol. The summed E-state index contributed by atoms with van der Waals surface area (Å²) in [5, 5.41) is 8.91. The lowest BCUT2D eigenvalue weighted by molar-refractivity contribution is -0.140. The van der Waals surface area contributed by atoms with Gasteiger partial charge in [0.15, 0.2) is 5.60 Å². The van der Waals surface area contributed by atoms with Crippen LogP contribution in [-0.4, -0.2) is 35.7 Å². The maximum Gasteiger partial charge on any atom is 0.257 e. The van der Waals surface area contributed by atoms with Gasteiger partial charge in [-0.15, -0.1) is 0 Å². The molecule has 8 heteroatoms. The van der Waals surface area contributed by atoms with E-state index < -0.39 is 35.3 Å². The molecule has 0 aliphatic carbocycles. The maximum absolute atomic E-state index is 14.4. The molecule has 0 radical (unpaired) electrons. The van der Waals surface area contributed by atoms with Crippen LogP contribution in [0.1, 0.15) is 42.9 Å². The highest BCUT2D eigenvalue weighted by molar-refractivity contribution is 5.88. The van der Waals surface area contributed by atoms with Crippen LogP contribution in [0.5, 0.6) is 0 Å². The Morgan fingerprint density at radius 1 is 1.03 bits per heavy atom. The lowest BCUT2D eigenvalue weighted by Crippen LogP contribution is -2.50. The van der Waals surface area contributed by atoms with Crippen LogP contribution < -0.4 is 4.90 Å². The van der Waals surface area contributed by atoms with E-state index in [2.05, 4.69) is 0 Å². The topological polar surface area (TPSA) is 56.6 Å². The second kappa shape index (κ2) is 7.27. The number of ether oxygens (including phenoxy) is 1. The van der Waals surface area contributed by atoms with Crippen molar-refractivity contribution >= 4 is 11.6 Å². The minimum absolute atomic E-state index is 0.162. The van der Waals surface area contributed by atoms with Crippen LogP contribution in [0.4, 0.5) is 18.9 Å². The maximum atomic E-state index is 14.4.